The number of carbonyl (C=O) groups excluding carboxylic acids is 1. The molecule has 1 aromatic heterocycles. The summed E-state index contributed by atoms with van der Waals surface area (Å²) in [5.41, 5.74) is 2.28. The summed E-state index contributed by atoms with van der Waals surface area (Å²) in [5.74, 6) is 0.709. The Kier molecular flexibility index (Phi) is 8.56. The molecule has 3 rings (SSSR count). The van der Waals surface area contributed by atoms with E-state index in [1.807, 2.05) is 40.0 Å². The zero-order chi connectivity index (χ0) is 18.2. The fraction of sp³-hybridized carbons (Fsp3) is 0.421. The number of halogens is 1. The molecule has 2 aromatic rings. The molecule has 0 fully saturated rings. The Morgan fingerprint density at radius 3 is 2.89 bits per heavy atom. The van der Waals surface area contributed by atoms with E-state index in [9.17, 15) is 4.79 Å². The highest BCUT2D eigenvalue weighted by Gasteiger charge is 2.21. The lowest BCUT2D eigenvalue weighted by Crippen LogP contribution is -2.46. The van der Waals surface area contributed by atoms with Gasteiger partial charge in [-0.2, -0.15) is 5.10 Å². The zero-order valence-electron chi connectivity index (χ0n) is 15.6. The molecule has 1 amide bonds. The molecule has 2 heterocycles. The Morgan fingerprint density at radius 1 is 1.26 bits per heavy atom. The van der Waals surface area contributed by atoms with Gasteiger partial charge in [0.2, 0.25) is 5.91 Å². The van der Waals surface area contributed by atoms with Crippen molar-refractivity contribution in [2.24, 2.45) is 4.99 Å². The molecule has 146 valence electrons. The summed E-state index contributed by atoms with van der Waals surface area (Å²) in [6, 6.07) is 10.0. The monoisotopic (exact) mass is 482 g/mol. The number of amides is 1. The molecule has 0 spiro atoms. The van der Waals surface area contributed by atoms with Crippen LogP contribution in [-0.4, -0.2) is 48.3 Å². The normalized spacial score (nSPS) is 13.5. The number of para-hydroxylation sites is 1. The van der Waals surface area contributed by atoms with Gasteiger partial charge < -0.3 is 15.5 Å². The minimum absolute atomic E-state index is 0. The van der Waals surface area contributed by atoms with Crippen LogP contribution in [0.25, 0.3) is 0 Å². The first-order valence-electron chi connectivity index (χ1n) is 9.08. The number of anilines is 1. The summed E-state index contributed by atoms with van der Waals surface area (Å²) in [4.78, 5) is 18.7. The predicted molar refractivity (Wildman–Crippen MR) is 119 cm³/mol. The van der Waals surface area contributed by atoms with Gasteiger partial charge in [0, 0.05) is 44.8 Å². The van der Waals surface area contributed by atoms with Crippen LogP contribution in [0.3, 0.4) is 0 Å². The standard InChI is InChI=1S/C19H26N6O.HI/c1-20-19(21-10-5-12-24-13-6-11-23-24)22-15-18(26)25-14-4-8-16-7-2-3-9-17(16)25;/h2-3,6-7,9,11,13H,4-5,8,10,12,14-15H2,1H3,(H2,20,21,22);1H. The van der Waals surface area contributed by atoms with E-state index in [1.54, 1.807) is 13.2 Å². The fourth-order valence-corrected chi connectivity index (χ4v) is 3.15. The molecular formula is C19H27IN6O. The van der Waals surface area contributed by atoms with Crippen molar-refractivity contribution in [2.75, 3.05) is 31.6 Å². The lowest BCUT2D eigenvalue weighted by Gasteiger charge is -2.29. The number of rotatable bonds is 6. The minimum Gasteiger partial charge on any atom is -0.356 e. The molecule has 0 radical (unpaired) electrons. The molecule has 1 aromatic carbocycles. The molecule has 7 nitrogen and oxygen atoms in total. The molecule has 0 bridgehead atoms. The average molecular weight is 482 g/mol. The van der Waals surface area contributed by atoms with E-state index in [0.717, 1.165) is 44.6 Å². The van der Waals surface area contributed by atoms with Crippen LogP contribution in [0.2, 0.25) is 0 Å². The molecule has 1 aliphatic heterocycles. The summed E-state index contributed by atoms with van der Waals surface area (Å²) in [7, 11) is 1.71. The van der Waals surface area contributed by atoms with Gasteiger partial charge in [-0.15, -0.1) is 24.0 Å². The summed E-state index contributed by atoms with van der Waals surface area (Å²) >= 11 is 0. The van der Waals surface area contributed by atoms with Gasteiger partial charge in [-0.25, -0.2) is 0 Å². The molecule has 0 unspecified atom stereocenters. The fourth-order valence-electron chi connectivity index (χ4n) is 3.15. The lowest BCUT2D eigenvalue weighted by molar-refractivity contribution is -0.117. The number of aliphatic imine (C=N–C) groups is 1. The Hall–Kier alpha value is -2.10. The number of aryl methyl sites for hydroxylation is 2. The van der Waals surface area contributed by atoms with Crippen LogP contribution in [0.4, 0.5) is 5.69 Å². The Morgan fingerprint density at radius 2 is 2.11 bits per heavy atom. The minimum atomic E-state index is 0. The summed E-state index contributed by atoms with van der Waals surface area (Å²) in [5, 5.41) is 10.5. The SMILES string of the molecule is CN=C(NCCCn1cccn1)NCC(=O)N1CCCc2ccccc21.I. The van der Waals surface area contributed by atoms with Crippen LogP contribution in [0.1, 0.15) is 18.4 Å². The molecule has 8 heteroatoms. The topological polar surface area (TPSA) is 74.5 Å². The van der Waals surface area contributed by atoms with Gasteiger partial charge in [0.1, 0.15) is 0 Å². The third-order valence-electron chi connectivity index (χ3n) is 4.46. The quantitative estimate of drug-likeness (QED) is 0.286. The van der Waals surface area contributed by atoms with Crippen molar-refractivity contribution >= 4 is 41.5 Å². The molecule has 0 saturated heterocycles. The highest BCUT2D eigenvalue weighted by atomic mass is 127. The van der Waals surface area contributed by atoms with Gasteiger partial charge >= 0.3 is 0 Å². The molecule has 27 heavy (non-hydrogen) atoms. The smallest absolute Gasteiger partial charge is 0.246 e. The maximum atomic E-state index is 12.6. The second-order valence-corrected chi connectivity index (χ2v) is 6.25. The van der Waals surface area contributed by atoms with Gasteiger partial charge in [0.25, 0.3) is 0 Å². The maximum absolute atomic E-state index is 12.6. The molecule has 2 N–H and O–H groups in total. The highest BCUT2D eigenvalue weighted by molar-refractivity contribution is 14.0. The second-order valence-electron chi connectivity index (χ2n) is 6.25. The van der Waals surface area contributed by atoms with Crippen molar-refractivity contribution in [3.05, 3.63) is 48.3 Å². The number of fused-ring (bicyclic) bond motifs is 1. The maximum Gasteiger partial charge on any atom is 0.246 e. The molecule has 1 aliphatic rings. The van der Waals surface area contributed by atoms with Crippen LogP contribution in [0.15, 0.2) is 47.7 Å². The van der Waals surface area contributed by atoms with E-state index >= 15 is 0 Å². The third kappa shape index (κ3) is 5.95. The Bertz CT molecular complexity index is 746. The van der Waals surface area contributed by atoms with Crippen molar-refractivity contribution in [2.45, 2.75) is 25.8 Å². The van der Waals surface area contributed by atoms with Crippen LogP contribution in [0.5, 0.6) is 0 Å². The highest BCUT2D eigenvalue weighted by Crippen LogP contribution is 2.26. The summed E-state index contributed by atoms with van der Waals surface area (Å²) in [6.07, 6.45) is 6.69. The van der Waals surface area contributed by atoms with Gasteiger partial charge in [0.05, 0.1) is 6.54 Å². The van der Waals surface area contributed by atoms with Gasteiger partial charge in [-0.3, -0.25) is 14.5 Å². The first-order valence-corrected chi connectivity index (χ1v) is 9.08. The molecule has 0 atom stereocenters. The van der Waals surface area contributed by atoms with Crippen molar-refractivity contribution < 1.29 is 4.79 Å². The first kappa shape index (κ1) is 21.2. The number of guanidine groups is 1. The Labute approximate surface area is 177 Å². The largest absolute Gasteiger partial charge is 0.356 e. The van der Waals surface area contributed by atoms with Crippen molar-refractivity contribution in [1.82, 2.24) is 20.4 Å². The third-order valence-corrected chi connectivity index (χ3v) is 4.46. The van der Waals surface area contributed by atoms with Crippen molar-refractivity contribution in [1.29, 1.82) is 0 Å². The number of benzene rings is 1. The number of nitrogens with one attached hydrogen (secondary N) is 2. The summed E-state index contributed by atoms with van der Waals surface area (Å²) < 4.78 is 1.90. The Balaban J connectivity index is 0.00000261. The molecule has 0 aliphatic carbocycles. The van der Waals surface area contributed by atoms with E-state index < -0.39 is 0 Å². The van der Waals surface area contributed by atoms with Crippen molar-refractivity contribution in [3.63, 3.8) is 0 Å². The first-order chi connectivity index (χ1) is 12.8. The summed E-state index contributed by atoms with van der Waals surface area (Å²) in [6.45, 7) is 2.61. The number of hydrogen-bond donors (Lipinski definition) is 2. The van der Waals surface area contributed by atoms with E-state index in [0.29, 0.717) is 5.96 Å². The van der Waals surface area contributed by atoms with E-state index in [4.69, 9.17) is 0 Å². The van der Waals surface area contributed by atoms with Crippen LogP contribution < -0.4 is 15.5 Å². The predicted octanol–water partition coefficient (Wildman–Crippen LogP) is 2.04. The second kappa shape index (κ2) is 10.9. The lowest BCUT2D eigenvalue weighted by atomic mass is 10.0. The van der Waals surface area contributed by atoms with E-state index in [1.165, 1.54) is 5.56 Å². The number of nitrogens with zero attached hydrogens (tertiary/aromatic N) is 4. The van der Waals surface area contributed by atoms with Crippen LogP contribution >= 0.6 is 24.0 Å². The van der Waals surface area contributed by atoms with Gasteiger partial charge in [-0.05, 0) is 37.0 Å². The zero-order valence-corrected chi connectivity index (χ0v) is 17.9. The number of hydrogen-bond acceptors (Lipinski definition) is 3. The van der Waals surface area contributed by atoms with Gasteiger partial charge in [-0.1, -0.05) is 18.2 Å². The van der Waals surface area contributed by atoms with Gasteiger partial charge in [0.15, 0.2) is 5.96 Å². The van der Waals surface area contributed by atoms with E-state index in [2.05, 4.69) is 26.8 Å². The van der Waals surface area contributed by atoms with Crippen LogP contribution in [0, 0.1) is 0 Å². The molecular weight excluding hydrogens is 455 g/mol. The number of carbonyl (C=O) groups is 1. The molecule has 0 saturated carbocycles. The average Bonchev–Trinajstić information content (AvgIpc) is 3.20. The van der Waals surface area contributed by atoms with Crippen LogP contribution in [-0.2, 0) is 17.8 Å². The number of aromatic nitrogens is 2. The van der Waals surface area contributed by atoms with Crippen molar-refractivity contribution in [3.8, 4) is 0 Å². The van der Waals surface area contributed by atoms with E-state index in [-0.39, 0.29) is 36.4 Å².